The Kier molecular flexibility index (Phi) is 5.10. The summed E-state index contributed by atoms with van der Waals surface area (Å²) in [5, 5.41) is 5.38. The number of hydrogen-bond acceptors (Lipinski definition) is 6. The van der Waals surface area contributed by atoms with Gasteiger partial charge in [0.15, 0.2) is 0 Å². The van der Waals surface area contributed by atoms with Gasteiger partial charge in [-0.25, -0.2) is 5.41 Å². The fourth-order valence-corrected chi connectivity index (χ4v) is 2.23. The maximum absolute atomic E-state index is 8.52. The van der Waals surface area contributed by atoms with Gasteiger partial charge in [-0.05, 0) is 23.5 Å². The Balaban J connectivity index is 0.000000187. The molecule has 1 heterocycles. The van der Waals surface area contributed by atoms with Gasteiger partial charge < -0.3 is 9.11 Å². The Morgan fingerprint density at radius 1 is 1.27 bits per heavy atom. The summed E-state index contributed by atoms with van der Waals surface area (Å²) in [7, 11) is -5.17. The summed E-state index contributed by atoms with van der Waals surface area (Å²) in [6.07, 6.45) is 0. The Morgan fingerprint density at radius 2 is 1.55 bits per heavy atom. The summed E-state index contributed by atoms with van der Waals surface area (Å²) in [4.78, 5) is 0. The molecule has 0 spiro atoms. The largest absolute Gasteiger partial charge is 0.759 e. The first-order chi connectivity index (χ1) is 4.89. The maximum atomic E-state index is 8.52. The van der Waals surface area contributed by atoms with Gasteiger partial charge in [0.25, 0.3) is 4.38 Å². The minimum Gasteiger partial charge on any atom is -0.759 e. The smallest absolute Gasteiger partial charge is 0.266 e. The van der Waals surface area contributed by atoms with Crippen molar-refractivity contribution in [2.45, 2.75) is 0 Å². The molecule has 1 aliphatic rings. The van der Waals surface area contributed by atoms with Crippen molar-refractivity contribution in [2.24, 2.45) is 0 Å². The number of thioether (sulfide) groups is 2. The first-order valence-corrected chi connectivity index (χ1v) is 5.75. The molecule has 0 unspecified atom stereocenters. The Morgan fingerprint density at radius 3 is 1.64 bits per heavy atom. The summed E-state index contributed by atoms with van der Waals surface area (Å²) in [5.41, 5.74) is 0. The van der Waals surface area contributed by atoms with E-state index in [1.807, 2.05) is 0 Å². The Labute approximate surface area is 73.0 Å². The van der Waals surface area contributed by atoms with E-state index in [9.17, 15) is 0 Å². The van der Waals surface area contributed by atoms with Crippen LogP contribution in [0.3, 0.4) is 0 Å². The van der Waals surface area contributed by atoms with Crippen molar-refractivity contribution in [1.29, 1.82) is 0 Å². The van der Waals surface area contributed by atoms with Crippen molar-refractivity contribution in [3.63, 3.8) is 0 Å². The van der Waals surface area contributed by atoms with E-state index in [4.69, 9.17) is 22.9 Å². The molecule has 66 valence electrons. The summed E-state index contributed by atoms with van der Waals surface area (Å²) in [5.74, 6) is 2.41. The van der Waals surface area contributed by atoms with Crippen LogP contribution in [0.4, 0.5) is 0 Å². The van der Waals surface area contributed by atoms with Crippen LogP contribution in [-0.2, 0) is 10.4 Å². The summed E-state index contributed by atoms with van der Waals surface area (Å²) >= 11 is 3.51. The molecule has 11 heavy (non-hydrogen) atoms. The number of hydrogen-bond donors (Lipinski definition) is 1. The normalized spacial score (nSPS) is 17.5. The van der Waals surface area contributed by atoms with Crippen LogP contribution in [-0.4, -0.2) is 33.4 Å². The van der Waals surface area contributed by atoms with Gasteiger partial charge in [-0.3, -0.25) is 8.42 Å². The zero-order valence-electron chi connectivity index (χ0n) is 5.35. The molecule has 2 N–H and O–H groups in total. The summed E-state index contributed by atoms with van der Waals surface area (Å²) in [6.45, 7) is 0. The molecule has 0 aliphatic carbocycles. The van der Waals surface area contributed by atoms with Crippen LogP contribution < -0.4 is 5.41 Å². The molecule has 5 nitrogen and oxygen atoms in total. The molecule has 0 radical (unpaired) electrons. The molecule has 0 saturated carbocycles. The van der Waals surface area contributed by atoms with E-state index in [-0.39, 0.29) is 0 Å². The standard InChI is InChI=1S/C3H5NS2.H2O4S/c4-3-5-1-2-6-3;1-5(2,3)4/h4H,1-2H2;(H2,1,2,3,4)/p-1. The second-order valence-corrected chi connectivity index (χ2v) is 4.77. The van der Waals surface area contributed by atoms with E-state index < -0.39 is 10.4 Å². The highest BCUT2D eigenvalue weighted by Gasteiger charge is 2.10. The van der Waals surface area contributed by atoms with Crippen LogP contribution in [0.1, 0.15) is 0 Å². The van der Waals surface area contributed by atoms with Crippen LogP contribution >= 0.6 is 23.5 Å². The minimum absolute atomic E-state index is 1.04. The van der Waals surface area contributed by atoms with Gasteiger partial charge in [0.2, 0.25) is 0 Å². The first kappa shape index (κ1) is 11.2. The highest BCUT2D eigenvalue weighted by atomic mass is 32.3. The lowest BCUT2D eigenvalue weighted by Crippen LogP contribution is -2.33. The molecule has 1 saturated heterocycles. The van der Waals surface area contributed by atoms with Gasteiger partial charge in [-0.15, -0.1) is 0 Å². The van der Waals surface area contributed by atoms with Gasteiger partial charge >= 0.3 is 0 Å². The molecule has 0 amide bonds. The quantitative estimate of drug-likeness (QED) is 0.380. The molecular weight excluding hydrogens is 210 g/mol. The van der Waals surface area contributed by atoms with Gasteiger partial charge in [0.1, 0.15) is 0 Å². The van der Waals surface area contributed by atoms with Crippen molar-refractivity contribution in [1.82, 2.24) is 0 Å². The lowest BCUT2D eigenvalue weighted by Gasteiger charge is -2.06. The molecule has 0 aromatic rings. The van der Waals surface area contributed by atoms with Crippen LogP contribution in [0.2, 0.25) is 0 Å². The highest BCUT2D eigenvalue weighted by Crippen LogP contribution is 2.21. The highest BCUT2D eigenvalue weighted by molar-refractivity contribution is 8.41. The van der Waals surface area contributed by atoms with Crippen molar-refractivity contribution in [3.8, 4) is 0 Å². The average molecular weight is 216 g/mol. The lowest BCUT2D eigenvalue weighted by atomic mass is 11.0. The molecule has 0 aromatic carbocycles. The molecule has 0 aromatic heterocycles. The van der Waals surface area contributed by atoms with Gasteiger partial charge in [0, 0.05) is 21.9 Å². The van der Waals surface area contributed by atoms with Gasteiger partial charge in [-0.2, -0.15) is 0 Å². The van der Waals surface area contributed by atoms with Gasteiger partial charge in [0.05, 0.1) is 0 Å². The molecule has 1 fully saturated rings. The maximum Gasteiger partial charge on any atom is 0.266 e. The number of rotatable bonds is 0. The summed E-state index contributed by atoms with van der Waals surface area (Å²) < 4.78 is 35.1. The molecule has 0 bridgehead atoms. The zero-order chi connectivity index (χ0) is 8.91. The Hall–Kier alpha value is 0.240. The molecule has 1 rings (SSSR count). The van der Waals surface area contributed by atoms with E-state index in [2.05, 4.69) is 0 Å². The number of nitrogens with two attached hydrogens (primary N) is 1. The second kappa shape index (κ2) is 4.99. The molecule has 8 heteroatoms. The minimum atomic E-state index is -5.17. The third-order valence-corrected chi connectivity index (χ3v) is 2.92. The Bertz CT molecular complexity index is 207. The van der Waals surface area contributed by atoms with Crippen LogP contribution in [0, 0.1) is 0 Å². The van der Waals surface area contributed by atoms with Crippen LogP contribution in [0.25, 0.3) is 0 Å². The van der Waals surface area contributed by atoms with Crippen molar-refractivity contribution < 1.29 is 22.9 Å². The predicted molar refractivity (Wildman–Crippen MR) is 42.3 cm³/mol. The van der Waals surface area contributed by atoms with E-state index in [1.165, 1.54) is 11.5 Å². The van der Waals surface area contributed by atoms with Crippen molar-refractivity contribution >= 4 is 38.3 Å². The van der Waals surface area contributed by atoms with Crippen molar-refractivity contribution in [3.05, 3.63) is 0 Å². The van der Waals surface area contributed by atoms with E-state index in [1.54, 1.807) is 23.5 Å². The second-order valence-electron chi connectivity index (χ2n) is 1.42. The van der Waals surface area contributed by atoms with Crippen LogP contribution in [0.5, 0.6) is 0 Å². The fourth-order valence-electron chi connectivity index (χ4n) is 0.326. The first-order valence-electron chi connectivity index (χ1n) is 2.44. The third kappa shape index (κ3) is 13.3. The topological polar surface area (TPSA) is 106 Å². The molecule has 1 aliphatic heterocycles. The van der Waals surface area contributed by atoms with Gasteiger partial charge in [-0.1, -0.05) is 0 Å². The molecule has 0 atom stereocenters. The lowest BCUT2D eigenvalue weighted by molar-refractivity contribution is -0.103. The molecular formula is C3H6NO4S3-. The zero-order valence-corrected chi connectivity index (χ0v) is 7.80. The average Bonchev–Trinajstić information content (AvgIpc) is 2.12. The van der Waals surface area contributed by atoms with E-state index in [0.29, 0.717) is 0 Å². The predicted octanol–water partition coefficient (Wildman–Crippen LogP) is -1.76. The van der Waals surface area contributed by atoms with Crippen LogP contribution in [0.15, 0.2) is 0 Å². The fraction of sp³-hybridized carbons (Fsp3) is 0.667. The summed E-state index contributed by atoms with van der Waals surface area (Å²) in [6, 6.07) is 0. The third-order valence-electron chi connectivity index (χ3n) is 0.572. The monoisotopic (exact) mass is 216 g/mol. The van der Waals surface area contributed by atoms with Crippen molar-refractivity contribution in [2.75, 3.05) is 11.5 Å². The SMILES string of the molecule is O=S(=O)([O-])[O-].[NH2+]=C1SCCS1. The van der Waals surface area contributed by atoms with E-state index >= 15 is 0 Å². The van der Waals surface area contributed by atoms with E-state index in [0.717, 1.165) is 4.38 Å².